The van der Waals surface area contributed by atoms with Gasteiger partial charge in [0.25, 0.3) is 0 Å². The first-order chi connectivity index (χ1) is 8.31. The van der Waals surface area contributed by atoms with Crippen molar-refractivity contribution in [3.8, 4) is 5.75 Å². The second-order valence-corrected chi connectivity index (χ2v) is 4.64. The van der Waals surface area contributed by atoms with E-state index in [0.29, 0.717) is 11.8 Å². The molecule has 2 heteroatoms. The normalized spacial score (nSPS) is 19.5. The number of phenolic OH excluding ortho intramolecular Hbond substituents is 1. The van der Waals surface area contributed by atoms with Crippen LogP contribution in [-0.4, -0.2) is 11.7 Å². The third kappa shape index (κ3) is 3.10. The van der Waals surface area contributed by atoms with Crippen LogP contribution in [0.2, 0.25) is 0 Å². The van der Waals surface area contributed by atoms with Gasteiger partial charge < -0.3 is 10.4 Å². The molecule has 0 heterocycles. The maximum absolute atomic E-state index is 9.58. The number of allylic oxidation sites excluding steroid dienone is 1. The van der Waals surface area contributed by atoms with Gasteiger partial charge in [-0.1, -0.05) is 18.2 Å². The lowest BCUT2D eigenvalue weighted by Crippen LogP contribution is -2.25. The fourth-order valence-corrected chi connectivity index (χ4v) is 2.51. The quantitative estimate of drug-likeness (QED) is 0.615. The summed E-state index contributed by atoms with van der Waals surface area (Å²) in [7, 11) is 0. The van der Waals surface area contributed by atoms with E-state index >= 15 is 0 Å². The number of rotatable bonds is 4. The molecule has 2 rings (SSSR count). The molecule has 0 fully saturated rings. The van der Waals surface area contributed by atoms with Gasteiger partial charge in [0.2, 0.25) is 0 Å². The van der Waals surface area contributed by atoms with Crippen LogP contribution in [0.1, 0.15) is 43.4 Å². The fourth-order valence-electron chi connectivity index (χ4n) is 2.51. The van der Waals surface area contributed by atoms with Crippen LogP contribution < -0.4 is 5.32 Å². The zero-order valence-electron chi connectivity index (χ0n) is 10.4. The van der Waals surface area contributed by atoms with E-state index < -0.39 is 0 Å². The standard InChI is InChI=1S/C15H21NO/c1-2-3-4-10-16-15-7-5-6-12-8-9-13(17)11-14(12)15/h2-3,8-9,11,15-17H,4-7,10H2,1H3/b3-2+. The topological polar surface area (TPSA) is 32.3 Å². The third-order valence-electron chi connectivity index (χ3n) is 3.38. The number of aryl methyl sites for hydroxylation is 1. The van der Waals surface area contributed by atoms with Crippen LogP contribution in [0.4, 0.5) is 0 Å². The molecule has 0 saturated carbocycles. The highest BCUT2D eigenvalue weighted by Crippen LogP contribution is 2.31. The first-order valence-electron chi connectivity index (χ1n) is 6.47. The van der Waals surface area contributed by atoms with Crippen LogP contribution >= 0.6 is 0 Å². The SMILES string of the molecule is C/C=C/CCNC1CCCc2ccc(O)cc21. The summed E-state index contributed by atoms with van der Waals surface area (Å²) in [6.07, 6.45) is 8.89. The third-order valence-corrected chi connectivity index (χ3v) is 3.38. The van der Waals surface area contributed by atoms with Crippen LogP contribution in [0.5, 0.6) is 5.75 Å². The van der Waals surface area contributed by atoms with E-state index in [9.17, 15) is 5.11 Å². The number of nitrogens with one attached hydrogen (secondary N) is 1. The van der Waals surface area contributed by atoms with Crippen LogP contribution in [0.15, 0.2) is 30.4 Å². The van der Waals surface area contributed by atoms with Gasteiger partial charge in [-0.05, 0) is 62.4 Å². The molecular weight excluding hydrogens is 210 g/mol. The van der Waals surface area contributed by atoms with Crippen molar-refractivity contribution >= 4 is 0 Å². The van der Waals surface area contributed by atoms with E-state index in [0.717, 1.165) is 19.4 Å². The van der Waals surface area contributed by atoms with Crippen molar-refractivity contribution in [1.29, 1.82) is 0 Å². The van der Waals surface area contributed by atoms with Crippen LogP contribution in [0.3, 0.4) is 0 Å². The minimum atomic E-state index is 0.380. The summed E-state index contributed by atoms with van der Waals surface area (Å²) in [6, 6.07) is 6.18. The van der Waals surface area contributed by atoms with Crippen molar-refractivity contribution in [1.82, 2.24) is 5.32 Å². The lowest BCUT2D eigenvalue weighted by molar-refractivity contribution is 0.449. The lowest BCUT2D eigenvalue weighted by Gasteiger charge is -2.26. The average molecular weight is 231 g/mol. The van der Waals surface area contributed by atoms with Gasteiger partial charge in [0.05, 0.1) is 0 Å². The molecule has 2 nitrogen and oxygen atoms in total. The van der Waals surface area contributed by atoms with Crippen molar-refractivity contribution in [3.63, 3.8) is 0 Å². The highest BCUT2D eigenvalue weighted by molar-refractivity contribution is 5.38. The van der Waals surface area contributed by atoms with Crippen molar-refractivity contribution in [3.05, 3.63) is 41.5 Å². The van der Waals surface area contributed by atoms with Gasteiger partial charge in [0.1, 0.15) is 5.75 Å². The summed E-state index contributed by atoms with van der Waals surface area (Å²) >= 11 is 0. The minimum absolute atomic E-state index is 0.380. The van der Waals surface area contributed by atoms with E-state index in [4.69, 9.17) is 0 Å². The lowest BCUT2D eigenvalue weighted by atomic mass is 9.87. The minimum Gasteiger partial charge on any atom is -0.508 e. The molecule has 92 valence electrons. The maximum Gasteiger partial charge on any atom is 0.115 e. The largest absolute Gasteiger partial charge is 0.508 e. The molecule has 0 aliphatic heterocycles. The number of hydrogen-bond donors (Lipinski definition) is 2. The molecule has 1 aliphatic rings. The van der Waals surface area contributed by atoms with E-state index in [1.54, 1.807) is 6.07 Å². The first-order valence-corrected chi connectivity index (χ1v) is 6.47. The number of phenols is 1. The number of benzene rings is 1. The zero-order valence-corrected chi connectivity index (χ0v) is 10.4. The van der Waals surface area contributed by atoms with Crippen molar-refractivity contribution in [2.24, 2.45) is 0 Å². The Labute approximate surface area is 103 Å². The maximum atomic E-state index is 9.58. The molecule has 1 aliphatic carbocycles. The van der Waals surface area contributed by atoms with Gasteiger partial charge in [-0.25, -0.2) is 0 Å². The Morgan fingerprint density at radius 1 is 1.47 bits per heavy atom. The van der Waals surface area contributed by atoms with Gasteiger partial charge in [-0.2, -0.15) is 0 Å². The second-order valence-electron chi connectivity index (χ2n) is 4.64. The number of aromatic hydroxyl groups is 1. The molecule has 1 atom stereocenters. The molecule has 2 N–H and O–H groups in total. The van der Waals surface area contributed by atoms with Gasteiger partial charge in [-0.15, -0.1) is 0 Å². The predicted molar refractivity (Wildman–Crippen MR) is 71.2 cm³/mol. The fraction of sp³-hybridized carbons (Fsp3) is 0.467. The van der Waals surface area contributed by atoms with E-state index in [1.807, 2.05) is 13.0 Å². The van der Waals surface area contributed by atoms with E-state index in [-0.39, 0.29) is 0 Å². The van der Waals surface area contributed by atoms with Crippen molar-refractivity contribution in [2.45, 2.75) is 38.6 Å². The van der Waals surface area contributed by atoms with Crippen LogP contribution in [-0.2, 0) is 6.42 Å². The molecule has 0 spiro atoms. The Morgan fingerprint density at radius 2 is 2.35 bits per heavy atom. The molecule has 0 amide bonds. The van der Waals surface area contributed by atoms with E-state index in [2.05, 4.69) is 23.5 Å². The first kappa shape index (κ1) is 12.2. The summed E-state index contributed by atoms with van der Waals surface area (Å²) in [6.45, 7) is 3.05. The van der Waals surface area contributed by atoms with Crippen molar-refractivity contribution < 1.29 is 5.11 Å². The summed E-state index contributed by atoms with van der Waals surface area (Å²) in [5.74, 6) is 0.380. The summed E-state index contributed by atoms with van der Waals surface area (Å²) in [5.41, 5.74) is 2.68. The van der Waals surface area contributed by atoms with Crippen LogP contribution in [0.25, 0.3) is 0 Å². The highest BCUT2D eigenvalue weighted by Gasteiger charge is 2.19. The summed E-state index contributed by atoms with van der Waals surface area (Å²) in [5, 5.41) is 13.2. The molecule has 0 saturated heterocycles. The van der Waals surface area contributed by atoms with Crippen LogP contribution in [0, 0.1) is 0 Å². The Kier molecular flexibility index (Phi) is 4.21. The Bertz CT molecular complexity index is 398. The molecule has 0 bridgehead atoms. The highest BCUT2D eigenvalue weighted by atomic mass is 16.3. The molecule has 1 unspecified atom stereocenters. The van der Waals surface area contributed by atoms with E-state index in [1.165, 1.54) is 24.0 Å². The Hall–Kier alpha value is -1.28. The monoisotopic (exact) mass is 231 g/mol. The molecule has 0 radical (unpaired) electrons. The number of hydrogen-bond acceptors (Lipinski definition) is 2. The molecule has 1 aromatic rings. The Morgan fingerprint density at radius 3 is 3.18 bits per heavy atom. The average Bonchev–Trinajstić information content (AvgIpc) is 2.35. The van der Waals surface area contributed by atoms with Gasteiger partial charge in [0, 0.05) is 6.04 Å². The number of fused-ring (bicyclic) bond motifs is 1. The van der Waals surface area contributed by atoms with Crippen molar-refractivity contribution in [2.75, 3.05) is 6.54 Å². The molecular formula is C15H21NO. The smallest absolute Gasteiger partial charge is 0.115 e. The van der Waals surface area contributed by atoms with Gasteiger partial charge >= 0.3 is 0 Å². The zero-order chi connectivity index (χ0) is 12.1. The molecule has 1 aromatic carbocycles. The summed E-state index contributed by atoms with van der Waals surface area (Å²) in [4.78, 5) is 0. The van der Waals surface area contributed by atoms with Gasteiger partial charge in [-0.3, -0.25) is 0 Å². The molecule has 0 aromatic heterocycles. The van der Waals surface area contributed by atoms with Gasteiger partial charge in [0.15, 0.2) is 0 Å². The Balaban J connectivity index is 2.03. The molecule has 17 heavy (non-hydrogen) atoms. The second kappa shape index (κ2) is 5.87. The predicted octanol–water partition coefficient (Wildman–Crippen LogP) is 3.33. The summed E-state index contributed by atoms with van der Waals surface area (Å²) < 4.78 is 0.